The van der Waals surface area contributed by atoms with E-state index in [-0.39, 0.29) is 0 Å². The van der Waals surface area contributed by atoms with Crippen molar-refractivity contribution in [2.75, 3.05) is 20.1 Å². The highest BCUT2D eigenvalue weighted by atomic mass is 15.2. The summed E-state index contributed by atoms with van der Waals surface area (Å²) >= 11 is 0. The van der Waals surface area contributed by atoms with E-state index in [9.17, 15) is 0 Å². The van der Waals surface area contributed by atoms with Crippen LogP contribution in [-0.4, -0.2) is 48.1 Å². The molecular formula is C16H30N2. The molecule has 0 aromatic carbocycles. The molecule has 104 valence electrons. The SMILES string of the molecule is CC(CC1CCCN(C)C1)N1C2CCCC1CC2. The topological polar surface area (TPSA) is 6.48 Å². The van der Waals surface area contributed by atoms with Gasteiger partial charge in [-0.05, 0) is 71.4 Å². The highest BCUT2D eigenvalue weighted by Crippen LogP contribution is 2.38. The third-order valence-electron chi connectivity index (χ3n) is 5.66. The van der Waals surface area contributed by atoms with Crippen molar-refractivity contribution in [1.82, 2.24) is 9.80 Å². The lowest BCUT2D eigenvalue weighted by molar-refractivity contribution is 0.0705. The molecule has 0 aromatic heterocycles. The van der Waals surface area contributed by atoms with Crippen molar-refractivity contribution in [3.05, 3.63) is 0 Å². The third-order valence-corrected chi connectivity index (χ3v) is 5.66. The highest BCUT2D eigenvalue weighted by molar-refractivity contribution is 4.94. The van der Waals surface area contributed by atoms with Crippen LogP contribution in [0.4, 0.5) is 0 Å². The van der Waals surface area contributed by atoms with E-state index in [0.717, 1.165) is 24.0 Å². The van der Waals surface area contributed by atoms with E-state index >= 15 is 0 Å². The van der Waals surface area contributed by atoms with Gasteiger partial charge in [-0.3, -0.25) is 4.90 Å². The summed E-state index contributed by atoms with van der Waals surface area (Å²) in [4.78, 5) is 5.45. The first kappa shape index (κ1) is 12.9. The van der Waals surface area contributed by atoms with Gasteiger partial charge in [0.2, 0.25) is 0 Å². The van der Waals surface area contributed by atoms with Crippen LogP contribution >= 0.6 is 0 Å². The fraction of sp³-hybridized carbons (Fsp3) is 1.00. The normalized spacial score (nSPS) is 40.0. The van der Waals surface area contributed by atoms with Crippen molar-refractivity contribution in [3.8, 4) is 0 Å². The summed E-state index contributed by atoms with van der Waals surface area (Å²) in [6, 6.07) is 2.72. The molecule has 2 bridgehead atoms. The van der Waals surface area contributed by atoms with Gasteiger partial charge in [-0.25, -0.2) is 0 Å². The number of rotatable bonds is 3. The van der Waals surface area contributed by atoms with Gasteiger partial charge in [-0.15, -0.1) is 0 Å². The van der Waals surface area contributed by atoms with Gasteiger partial charge in [0.15, 0.2) is 0 Å². The Hall–Kier alpha value is -0.0800. The van der Waals surface area contributed by atoms with E-state index in [0.29, 0.717) is 0 Å². The summed E-state index contributed by atoms with van der Waals surface area (Å²) in [6.07, 6.45) is 11.7. The molecule has 3 rings (SSSR count). The van der Waals surface area contributed by atoms with Crippen LogP contribution in [-0.2, 0) is 0 Å². The predicted octanol–water partition coefficient (Wildman–Crippen LogP) is 3.12. The molecule has 3 saturated heterocycles. The lowest BCUT2D eigenvalue weighted by atomic mass is 9.90. The maximum atomic E-state index is 2.91. The Kier molecular flexibility index (Phi) is 3.95. The van der Waals surface area contributed by atoms with Gasteiger partial charge < -0.3 is 4.90 Å². The van der Waals surface area contributed by atoms with Crippen LogP contribution in [0.25, 0.3) is 0 Å². The van der Waals surface area contributed by atoms with E-state index in [1.165, 1.54) is 64.5 Å². The minimum absolute atomic E-state index is 0.833. The van der Waals surface area contributed by atoms with E-state index in [2.05, 4.69) is 23.8 Å². The maximum Gasteiger partial charge on any atom is 0.0102 e. The second-order valence-electron chi connectivity index (χ2n) is 7.12. The average Bonchev–Trinajstić information content (AvgIpc) is 2.60. The molecule has 3 fully saturated rings. The Labute approximate surface area is 113 Å². The number of piperidine rings is 2. The zero-order valence-corrected chi connectivity index (χ0v) is 12.3. The molecule has 0 spiro atoms. The van der Waals surface area contributed by atoms with Gasteiger partial charge in [0.05, 0.1) is 0 Å². The third kappa shape index (κ3) is 2.60. The highest BCUT2D eigenvalue weighted by Gasteiger charge is 2.39. The van der Waals surface area contributed by atoms with Gasteiger partial charge >= 0.3 is 0 Å². The summed E-state index contributed by atoms with van der Waals surface area (Å²) in [5, 5.41) is 0. The minimum atomic E-state index is 0.833. The van der Waals surface area contributed by atoms with Gasteiger partial charge in [0.1, 0.15) is 0 Å². The first-order chi connectivity index (χ1) is 8.74. The van der Waals surface area contributed by atoms with Crippen LogP contribution in [0.2, 0.25) is 0 Å². The Morgan fingerprint density at radius 2 is 1.72 bits per heavy atom. The fourth-order valence-electron chi connectivity index (χ4n) is 4.95. The van der Waals surface area contributed by atoms with Gasteiger partial charge in [0.25, 0.3) is 0 Å². The number of fused-ring (bicyclic) bond motifs is 2. The van der Waals surface area contributed by atoms with Crippen LogP contribution in [0.5, 0.6) is 0 Å². The first-order valence-corrected chi connectivity index (χ1v) is 8.20. The van der Waals surface area contributed by atoms with Crippen molar-refractivity contribution in [1.29, 1.82) is 0 Å². The molecule has 4 atom stereocenters. The molecule has 3 aliphatic rings. The quantitative estimate of drug-likeness (QED) is 0.759. The fourth-order valence-corrected chi connectivity index (χ4v) is 4.95. The molecule has 3 heterocycles. The lowest BCUT2D eigenvalue weighted by Crippen LogP contribution is -2.47. The summed E-state index contributed by atoms with van der Waals surface area (Å²) in [5.41, 5.74) is 0. The van der Waals surface area contributed by atoms with Crippen molar-refractivity contribution >= 4 is 0 Å². The molecule has 3 aliphatic heterocycles. The molecule has 0 saturated carbocycles. The van der Waals surface area contributed by atoms with Crippen LogP contribution in [0.15, 0.2) is 0 Å². The molecule has 0 amide bonds. The standard InChI is InChI=1S/C16H30N2/c1-13(11-14-5-4-10-17(2)12-14)18-15-6-3-7-16(18)9-8-15/h13-16H,3-12H2,1-2H3. The molecule has 4 unspecified atom stereocenters. The number of hydrogen-bond donors (Lipinski definition) is 0. The van der Waals surface area contributed by atoms with E-state index in [1.54, 1.807) is 0 Å². The summed E-state index contributed by atoms with van der Waals surface area (Å²) in [6.45, 7) is 5.17. The van der Waals surface area contributed by atoms with Crippen LogP contribution in [0, 0.1) is 5.92 Å². The van der Waals surface area contributed by atoms with E-state index < -0.39 is 0 Å². The molecule has 2 heteroatoms. The number of nitrogens with zero attached hydrogens (tertiary/aromatic N) is 2. The Bertz CT molecular complexity index is 262. The summed E-state index contributed by atoms with van der Waals surface area (Å²) < 4.78 is 0. The summed E-state index contributed by atoms with van der Waals surface area (Å²) in [5.74, 6) is 0.958. The van der Waals surface area contributed by atoms with E-state index in [1.807, 2.05) is 0 Å². The van der Waals surface area contributed by atoms with Crippen molar-refractivity contribution in [3.63, 3.8) is 0 Å². The van der Waals surface area contributed by atoms with Crippen molar-refractivity contribution in [2.45, 2.75) is 76.4 Å². The molecule has 0 radical (unpaired) electrons. The Balaban J connectivity index is 1.56. The zero-order chi connectivity index (χ0) is 12.5. The predicted molar refractivity (Wildman–Crippen MR) is 76.8 cm³/mol. The van der Waals surface area contributed by atoms with Crippen molar-refractivity contribution < 1.29 is 0 Å². The molecule has 0 N–H and O–H groups in total. The van der Waals surface area contributed by atoms with Crippen LogP contribution < -0.4 is 0 Å². The molecule has 18 heavy (non-hydrogen) atoms. The monoisotopic (exact) mass is 250 g/mol. The zero-order valence-electron chi connectivity index (χ0n) is 12.3. The van der Waals surface area contributed by atoms with Gasteiger partial charge in [0, 0.05) is 24.7 Å². The number of likely N-dealkylation sites (tertiary alicyclic amines) is 1. The number of hydrogen-bond acceptors (Lipinski definition) is 2. The van der Waals surface area contributed by atoms with Gasteiger partial charge in [-0.1, -0.05) is 6.42 Å². The van der Waals surface area contributed by atoms with Crippen LogP contribution in [0.3, 0.4) is 0 Å². The van der Waals surface area contributed by atoms with E-state index in [4.69, 9.17) is 0 Å². The summed E-state index contributed by atoms with van der Waals surface area (Å²) in [7, 11) is 2.29. The van der Waals surface area contributed by atoms with Crippen molar-refractivity contribution in [2.24, 2.45) is 5.92 Å². The molecule has 0 aliphatic carbocycles. The Morgan fingerprint density at radius 3 is 2.39 bits per heavy atom. The Morgan fingerprint density at radius 1 is 1.00 bits per heavy atom. The molecule has 2 nitrogen and oxygen atoms in total. The lowest BCUT2D eigenvalue weighted by Gasteiger charge is -2.41. The van der Waals surface area contributed by atoms with Gasteiger partial charge in [-0.2, -0.15) is 0 Å². The maximum absolute atomic E-state index is 2.91. The van der Waals surface area contributed by atoms with Crippen LogP contribution in [0.1, 0.15) is 58.3 Å². The average molecular weight is 250 g/mol. The molecule has 0 aromatic rings. The minimum Gasteiger partial charge on any atom is -0.306 e. The second kappa shape index (κ2) is 5.50. The second-order valence-corrected chi connectivity index (χ2v) is 7.12. The smallest absolute Gasteiger partial charge is 0.0102 e. The largest absolute Gasteiger partial charge is 0.306 e. The molecular weight excluding hydrogens is 220 g/mol. The first-order valence-electron chi connectivity index (χ1n) is 8.20.